The highest BCUT2D eigenvalue weighted by Crippen LogP contribution is 2.36. The Morgan fingerprint density at radius 2 is 1.94 bits per heavy atom. The summed E-state index contributed by atoms with van der Waals surface area (Å²) in [6.45, 7) is 8.83. The molecule has 2 N–H and O–H groups in total. The Balaban J connectivity index is 1.90. The Morgan fingerprint density at radius 1 is 1.20 bits per heavy atom. The van der Waals surface area contributed by atoms with Crippen molar-refractivity contribution in [1.29, 1.82) is 0 Å². The molecule has 0 saturated carbocycles. The van der Waals surface area contributed by atoms with Crippen LogP contribution in [0.3, 0.4) is 0 Å². The minimum absolute atomic E-state index is 0.116. The molecule has 0 aliphatic carbocycles. The Kier molecular flexibility index (Phi) is 12.5. The molecule has 3 amide bonds. The minimum atomic E-state index is -0.878. The van der Waals surface area contributed by atoms with E-state index < -0.39 is 11.8 Å². The molecule has 0 aromatic heterocycles. The van der Waals surface area contributed by atoms with Gasteiger partial charge in [-0.15, -0.1) is 0 Å². The first-order valence-corrected chi connectivity index (χ1v) is 12.3. The van der Waals surface area contributed by atoms with Gasteiger partial charge in [0.25, 0.3) is 5.91 Å². The predicted molar refractivity (Wildman–Crippen MR) is 133 cm³/mol. The van der Waals surface area contributed by atoms with Crippen LogP contribution in [0, 0.1) is 0 Å². The van der Waals surface area contributed by atoms with Crippen molar-refractivity contribution in [3.05, 3.63) is 22.2 Å². The van der Waals surface area contributed by atoms with Crippen LogP contribution < -0.4 is 20.2 Å². The highest BCUT2D eigenvalue weighted by Gasteiger charge is 2.19. The highest BCUT2D eigenvalue weighted by atomic mass is 79.9. The molecule has 2 rings (SSSR count). The fourth-order valence-corrected chi connectivity index (χ4v) is 3.57. The highest BCUT2D eigenvalue weighted by molar-refractivity contribution is 9.10. The number of halogens is 1. The van der Waals surface area contributed by atoms with Crippen LogP contribution in [-0.4, -0.2) is 87.6 Å². The van der Waals surface area contributed by atoms with Crippen LogP contribution in [0.5, 0.6) is 11.5 Å². The Bertz CT molecular complexity index is 889. The van der Waals surface area contributed by atoms with Crippen molar-refractivity contribution in [2.45, 2.75) is 33.3 Å². The van der Waals surface area contributed by atoms with E-state index >= 15 is 0 Å². The summed E-state index contributed by atoms with van der Waals surface area (Å²) >= 11 is 3.43. The van der Waals surface area contributed by atoms with E-state index in [4.69, 9.17) is 18.9 Å². The van der Waals surface area contributed by atoms with Crippen molar-refractivity contribution in [2.24, 2.45) is 5.10 Å². The smallest absolute Gasteiger partial charge is 0.329 e. The monoisotopic (exact) mass is 556 g/mol. The van der Waals surface area contributed by atoms with E-state index in [9.17, 15) is 14.4 Å². The first-order valence-electron chi connectivity index (χ1n) is 11.5. The van der Waals surface area contributed by atoms with Crippen LogP contribution in [0.15, 0.2) is 21.7 Å². The first-order chi connectivity index (χ1) is 16.8. The van der Waals surface area contributed by atoms with Gasteiger partial charge in [-0.25, -0.2) is 5.43 Å². The van der Waals surface area contributed by atoms with Gasteiger partial charge in [0.05, 0.1) is 36.6 Å². The summed E-state index contributed by atoms with van der Waals surface area (Å²) in [6.07, 6.45) is 2.09. The average Bonchev–Trinajstić information content (AvgIpc) is 2.83. The third kappa shape index (κ3) is 10.2. The van der Waals surface area contributed by atoms with E-state index in [2.05, 4.69) is 31.8 Å². The molecular formula is C23H33BrN4O7. The quantitative estimate of drug-likeness (QED) is 0.172. The van der Waals surface area contributed by atoms with E-state index in [1.807, 2.05) is 20.8 Å². The van der Waals surface area contributed by atoms with E-state index in [1.54, 1.807) is 17.0 Å². The second-order valence-corrected chi connectivity index (χ2v) is 8.63. The zero-order chi connectivity index (χ0) is 25.6. The van der Waals surface area contributed by atoms with E-state index in [0.29, 0.717) is 74.0 Å². The number of nitrogens with one attached hydrogen (secondary N) is 2. The molecule has 11 nitrogen and oxygen atoms in total. The zero-order valence-corrected chi connectivity index (χ0v) is 21.9. The number of ether oxygens (including phenoxy) is 4. The lowest BCUT2D eigenvalue weighted by atomic mass is 10.2. The van der Waals surface area contributed by atoms with Gasteiger partial charge in [0.2, 0.25) is 0 Å². The number of amides is 3. The lowest BCUT2D eigenvalue weighted by Crippen LogP contribution is -2.43. The maximum Gasteiger partial charge on any atom is 0.329 e. The van der Waals surface area contributed by atoms with Gasteiger partial charge in [-0.3, -0.25) is 14.4 Å². The topological polar surface area (TPSA) is 128 Å². The summed E-state index contributed by atoms with van der Waals surface area (Å²) in [5.41, 5.74) is 2.77. The summed E-state index contributed by atoms with van der Waals surface area (Å²) in [7, 11) is 0. The van der Waals surface area contributed by atoms with Crippen molar-refractivity contribution in [3.63, 3.8) is 0 Å². The minimum Gasteiger partial charge on any atom is -0.490 e. The summed E-state index contributed by atoms with van der Waals surface area (Å²) < 4.78 is 22.6. The summed E-state index contributed by atoms with van der Waals surface area (Å²) in [4.78, 5) is 37.8. The van der Waals surface area contributed by atoms with Gasteiger partial charge in [-0.1, -0.05) is 0 Å². The number of hydrazone groups is 1. The van der Waals surface area contributed by atoms with Gasteiger partial charge >= 0.3 is 11.8 Å². The molecule has 1 heterocycles. The lowest BCUT2D eigenvalue weighted by Gasteiger charge is -2.27. The van der Waals surface area contributed by atoms with Gasteiger partial charge < -0.3 is 29.2 Å². The number of carbonyl (C=O) groups is 3. The van der Waals surface area contributed by atoms with Crippen molar-refractivity contribution in [1.82, 2.24) is 15.6 Å². The third-order valence-corrected chi connectivity index (χ3v) is 5.27. The first kappa shape index (κ1) is 28.5. The number of hydrogen-bond acceptors (Lipinski definition) is 8. The molecule has 0 bridgehead atoms. The van der Waals surface area contributed by atoms with Crippen molar-refractivity contribution in [2.75, 3.05) is 52.7 Å². The van der Waals surface area contributed by atoms with Gasteiger partial charge in [0.15, 0.2) is 18.1 Å². The standard InChI is InChI=1S/C23H33BrN4O7/c1-4-33-19-13-17(14-26-27-23(31)22(30)25-6-5-9-34-16(2)3)12-18(24)21(19)35-15-20(29)28-7-10-32-11-8-28/h12-14,16H,4-11,15H2,1-3H3,(H,25,30)(H,27,31)/b26-14-. The molecule has 0 spiro atoms. The molecule has 35 heavy (non-hydrogen) atoms. The van der Waals surface area contributed by atoms with E-state index in [1.165, 1.54) is 6.21 Å². The van der Waals surface area contributed by atoms with Crippen LogP contribution in [0.2, 0.25) is 0 Å². The number of carbonyl (C=O) groups excluding carboxylic acids is 3. The van der Waals surface area contributed by atoms with Crippen LogP contribution in [0.4, 0.5) is 0 Å². The number of hydrogen-bond donors (Lipinski definition) is 2. The Morgan fingerprint density at radius 3 is 2.63 bits per heavy atom. The maximum absolute atomic E-state index is 12.4. The van der Waals surface area contributed by atoms with E-state index in [-0.39, 0.29) is 18.6 Å². The molecule has 1 aromatic rings. The molecule has 12 heteroatoms. The fourth-order valence-electron chi connectivity index (χ4n) is 2.99. The Hall–Kier alpha value is -2.70. The Labute approximate surface area is 213 Å². The number of benzene rings is 1. The molecule has 1 aliphatic heterocycles. The fraction of sp³-hybridized carbons (Fsp3) is 0.565. The second-order valence-electron chi connectivity index (χ2n) is 7.77. The van der Waals surface area contributed by atoms with Crippen LogP contribution in [-0.2, 0) is 23.9 Å². The molecule has 1 aliphatic rings. The molecule has 194 valence electrons. The van der Waals surface area contributed by atoms with Crippen LogP contribution >= 0.6 is 15.9 Å². The molecule has 1 fully saturated rings. The molecule has 0 radical (unpaired) electrons. The van der Waals surface area contributed by atoms with E-state index in [0.717, 1.165) is 0 Å². The molecular weight excluding hydrogens is 524 g/mol. The zero-order valence-electron chi connectivity index (χ0n) is 20.3. The van der Waals surface area contributed by atoms with Crippen LogP contribution in [0.25, 0.3) is 0 Å². The van der Waals surface area contributed by atoms with Crippen molar-refractivity contribution >= 4 is 39.9 Å². The van der Waals surface area contributed by atoms with Crippen LogP contribution in [0.1, 0.15) is 32.8 Å². The largest absolute Gasteiger partial charge is 0.490 e. The molecule has 0 atom stereocenters. The maximum atomic E-state index is 12.4. The number of rotatable bonds is 12. The summed E-state index contributed by atoms with van der Waals surface area (Å²) in [6, 6.07) is 3.36. The van der Waals surface area contributed by atoms with Crippen molar-refractivity contribution in [3.8, 4) is 11.5 Å². The predicted octanol–water partition coefficient (Wildman–Crippen LogP) is 1.47. The second kappa shape index (κ2) is 15.3. The van der Waals surface area contributed by atoms with Gasteiger partial charge in [-0.2, -0.15) is 5.10 Å². The van der Waals surface area contributed by atoms with Gasteiger partial charge in [-0.05, 0) is 60.8 Å². The third-order valence-electron chi connectivity index (χ3n) is 4.68. The number of morpholine rings is 1. The lowest BCUT2D eigenvalue weighted by molar-refractivity contribution is -0.139. The average molecular weight is 557 g/mol. The van der Waals surface area contributed by atoms with Crippen molar-refractivity contribution < 1.29 is 33.3 Å². The molecule has 0 unspecified atom stereocenters. The number of nitrogens with zero attached hydrogens (tertiary/aromatic N) is 2. The molecule has 1 aromatic carbocycles. The molecule has 1 saturated heterocycles. The SMILES string of the molecule is CCOc1cc(/C=N\NC(=O)C(=O)NCCCOC(C)C)cc(Br)c1OCC(=O)N1CCOCC1. The van der Waals surface area contributed by atoms with Gasteiger partial charge in [0, 0.05) is 26.2 Å². The van der Waals surface area contributed by atoms with Gasteiger partial charge in [0.1, 0.15) is 0 Å². The normalized spacial score (nSPS) is 13.7. The summed E-state index contributed by atoms with van der Waals surface area (Å²) in [5, 5.41) is 6.34. The summed E-state index contributed by atoms with van der Waals surface area (Å²) in [5.74, 6) is -1.00.